The number of halogens is 5. The van der Waals surface area contributed by atoms with Gasteiger partial charge in [0.1, 0.15) is 22.3 Å². The second-order valence-corrected chi connectivity index (χ2v) is 21.3. The van der Waals surface area contributed by atoms with Crippen molar-refractivity contribution in [2.75, 3.05) is 54.8 Å². The fourth-order valence-electron chi connectivity index (χ4n) is 8.34. The topological polar surface area (TPSA) is 161 Å². The van der Waals surface area contributed by atoms with Gasteiger partial charge in [-0.2, -0.15) is 10.2 Å². The van der Waals surface area contributed by atoms with E-state index in [9.17, 15) is 14.7 Å². The molecule has 15 nitrogen and oxygen atoms in total. The van der Waals surface area contributed by atoms with Gasteiger partial charge in [-0.3, -0.25) is 0 Å². The summed E-state index contributed by atoms with van der Waals surface area (Å²) in [5, 5.41) is 27.5. The van der Waals surface area contributed by atoms with E-state index < -0.39 is 6.10 Å². The lowest BCUT2D eigenvalue weighted by Gasteiger charge is -2.27. The van der Waals surface area contributed by atoms with Gasteiger partial charge in [0.2, 0.25) is 0 Å². The van der Waals surface area contributed by atoms with Crippen molar-refractivity contribution < 1.29 is 14.7 Å². The van der Waals surface area contributed by atoms with E-state index in [-0.39, 0.29) is 34.3 Å². The van der Waals surface area contributed by atoms with Crippen molar-refractivity contribution in [3.8, 4) is 0 Å². The number of carbonyl (C=O) groups excluding carboxylic acids is 2. The molecule has 66 heavy (non-hydrogen) atoms. The smallest absolute Gasteiger partial charge is 0.322 e. The third-order valence-corrected chi connectivity index (χ3v) is 15.1. The molecule has 4 fully saturated rings. The summed E-state index contributed by atoms with van der Waals surface area (Å²) in [5.74, 6) is 1.48. The fraction of sp³-hybridized carbons (Fsp3) is 0.435. The molecule has 0 bridgehead atoms. The first-order chi connectivity index (χ1) is 30.4. The van der Waals surface area contributed by atoms with Crippen LogP contribution in [0.3, 0.4) is 0 Å². The lowest BCUT2D eigenvalue weighted by molar-refractivity contribution is 0.176. The van der Waals surface area contributed by atoms with Gasteiger partial charge >= 0.3 is 12.1 Å². The summed E-state index contributed by atoms with van der Waals surface area (Å²) in [7, 11) is 0. The zero-order valence-corrected chi connectivity index (χ0v) is 43.8. The first kappa shape index (κ1) is 54.1. The highest BCUT2D eigenvalue weighted by atomic mass is 127. The Labute approximate surface area is 447 Å². The van der Waals surface area contributed by atoms with Crippen LogP contribution in [0.2, 0.25) is 5.15 Å². The second kappa shape index (κ2) is 24.6. The standard InChI is InChI=1S/C22H24I2N6O.C11H12ClN5O2.C10H11I2N.3CH4/c1-14-6-9-28(13-14)22(31)26-18-12-25-30-10-7-20(27-21(18)30)29-8-2-3-19(29)16-11-15(23)4-5-17(16)24;12-9-2-4-17-10(15-9)8(5-13-17)14-11(19)16-3-1-7(18)6-16;11-7-3-4-9(12)8(6-7)10-2-1-5-13-10;;;/h4-5,7,10-12,14,19H,2-3,6,8-9,13H2,1H3,(H,26,31);2,4-5,7,18H,1,3,6H2,(H,14,19);3-4,6,10,13H,1-2,5H2;3*1H4/t14-,19?;7-;;;;/m00..../s1. The molecule has 4 atom stereocenters. The van der Waals surface area contributed by atoms with Gasteiger partial charge < -0.3 is 35.8 Å². The predicted octanol–water partition coefficient (Wildman–Crippen LogP) is 11.4. The molecular formula is C46H59ClI4N12O3. The molecule has 4 saturated heterocycles. The number of aliphatic hydroxyl groups excluding tert-OH is 1. The Kier molecular flexibility index (Phi) is 20.2. The lowest BCUT2D eigenvalue weighted by atomic mass is 10.0. The van der Waals surface area contributed by atoms with Crippen LogP contribution in [0.4, 0.5) is 26.8 Å². The Morgan fingerprint density at radius 1 is 0.727 bits per heavy atom. The number of benzene rings is 2. The summed E-state index contributed by atoms with van der Waals surface area (Å²) in [6, 6.07) is 17.5. The molecule has 0 spiro atoms. The number of likely N-dealkylation sites (tertiary alicyclic amines) is 2. The average molecular weight is 1370 g/mol. The molecule has 10 rings (SSSR count). The van der Waals surface area contributed by atoms with Crippen LogP contribution in [0.15, 0.2) is 73.3 Å². The second-order valence-electron chi connectivity index (χ2n) is 16.1. The largest absolute Gasteiger partial charge is 0.391 e. The maximum atomic E-state index is 12.7. The van der Waals surface area contributed by atoms with Crippen LogP contribution in [-0.2, 0) is 0 Å². The van der Waals surface area contributed by atoms with Crippen LogP contribution in [-0.4, -0.2) is 102 Å². The maximum Gasteiger partial charge on any atom is 0.322 e. The van der Waals surface area contributed by atoms with E-state index in [1.807, 2.05) is 17.2 Å². The summed E-state index contributed by atoms with van der Waals surface area (Å²) >= 11 is 15.4. The molecule has 6 aromatic rings. The summed E-state index contributed by atoms with van der Waals surface area (Å²) in [4.78, 5) is 39.5. The summed E-state index contributed by atoms with van der Waals surface area (Å²) in [6.07, 6.45) is 12.9. The lowest BCUT2D eigenvalue weighted by Crippen LogP contribution is -2.33. The number of nitrogens with zero attached hydrogens (tertiary/aromatic N) is 9. The molecule has 8 heterocycles. The number of hydrogen-bond donors (Lipinski definition) is 4. The van der Waals surface area contributed by atoms with Gasteiger partial charge in [-0.1, -0.05) is 40.8 Å². The van der Waals surface area contributed by atoms with Crippen LogP contribution in [0.25, 0.3) is 11.3 Å². The molecule has 2 unspecified atom stereocenters. The Hall–Kier alpha value is -2.85. The minimum Gasteiger partial charge on any atom is -0.391 e. The molecule has 356 valence electrons. The first-order valence-electron chi connectivity index (χ1n) is 20.9. The summed E-state index contributed by atoms with van der Waals surface area (Å²) in [6.45, 7) is 6.81. The van der Waals surface area contributed by atoms with E-state index in [2.05, 4.69) is 170 Å². The number of amides is 4. The van der Waals surface area contributed by atoms with Gasteiger partial charge in [-0.05, 0) is 201 Å². The van der Waals surface area contributed by atoms with Crippen molar-refractivity contribution in [3.63, 3.8) is 0 Å². The Morgan fingerprint density at radius 3 is 1.91 bits per heavy atom. The fourth-order valence-corrected chi connectivity index (χ4v) is 10.9. The number of urea groups is 2. The van der Waals surface area contributed by atoms with E-state index >= 15 is 0 Å². The van der Waals surface area contributed by atoms with Gasteiger partial charge in [-0.15, -0.1) is 0 Å². The van der Waals surface area contributed by atoms with Crippen LogP contribution < -0.4 is 20.9 Å². The molecule has 0 saturated carbocycles. The normalized spacial score (nSPS) is 19.8. The molecule has 4 aliphatic rings. The van der Waals surface area contributed by atoms with E-state index in [0.717, 1.165) is 44.7 Å². The average Bonchev–Trinajstić information content (AvgIpc) is 4.14. The molecule has 4 N–H and O–H groups in total. The number of hydrogen-bond acceptors (Lipinski definition) is 9. The number of aromatic nitrogens is 6. The van der Waals surface area contributed by atoms with Crippen LogP contribution in [0, 0.1) is 20.2 Å². The van der Waals surface area contributed by atoms with E-state index in [1.165, 1.54) is 55.5 Å². The minimum absolute atomic E-state index is 0. The Balaban J connectivity index is 0.000000200. The van der Waals surface area contributed by atoms with Gasteiger partial charge in [0.15, 0.2) is 11.3 Å². The number of anilines is 3. The quantitative estimate of drug-likeness (QED) is 0.0973. The zero-order chi connectivity index (χ0) is 44.2. The number of carbonyl (C=O) groups is 2. The van der Waals surface area contributed by atoms with Crippen molar-refractivity contribution in [1.82, 2.24) is 44.3 Å². The molecule has 2 aromatic carbocycles. The number of fused-ring (bicyclic) bond motifs is 2. The third kappa shape index (κ3) is 13.1. The molecule has 4 amide bonds. The first-order valence-corrected chi connectivity index (χ1v) is 25.6. The van der Waals surface area contributed by atoms with E-state index in [0.29, 0.717) is 65.3 Å². The highest BCUT2D eigenvalue weighted by Gasteiger charge is 2.30. The molecule has 4 aliphatic heterocycles. The van der Waals surface area contributed by atoms with Gasteiger partial charge in [0, 0.05) is 65.4 Å². The zero-order valence-electron chi connectivity index (χ0n) is 34.4. The van der Waals surface area contributed by atoms with Gasteiger partial charge in [-0.25, -0.2) is 28.6 Å². The van der Waals surface area contributed by atoms with E-state index in [1.54, 1.807) is 27.9 Å². The predicted molar refractivity (Wildman–Crippen MR) is 300 cm³/mol. The highest BCUT2D eigenvalue weighted by molar-refractivity contribution is 14.1. The van der Waals surface area contributed by atoms with Crippen LogP contribution >= 0.6 is 102 Å². The summed E-state index contributed by atoms with van der Waals surface area (Å²) < 4.78 is 8.51. The Bertz CT molecular complexity index is 2590. The van der Waals surface area contributed by atoms with Crippen molar-refractivity contribution >= 4 is 143 Å². The van der Waals surface area contributed by atoms with Crippen molar-refractivity contribution in [2.45, 2.75) is 85.9 Å². The SMILES string of the molecule is C.C.C.C[C@H]1CCN(C(=O)Nc2cnn3ccc(N4CCCC4c4cc(I)ccc4I)nc23)C1.Ic1ccc(I)c(C2CCCN2)c1.O=C(Nc1cnn2ccc(Cl)nc12)N1CC[C@H](O)C1. The van der Waals surface area contributed by atoms with Gasteiger partial charge in [0.05, 0.1) is 24.5 Å². The van der Waals surface area contributed by atoms with Crippen molar-refractivity contribution in [1.29, 1.82) is 0 Å². The third-order valence-electron chi connectivity index (χ3n) is 11.6. The van der Waals surface area contributed by atoms with E-state index in [4.69, 9.17) is 16.6 Å². The minimum atomic E-state index is -0.442. The Morgan fingerprint density at radius 2 is 1.32 bits per heavy atom. The molecular weight excluding hydrogens is 1310 g/mol. The molecule has 20 heteroatoms. The van der Waals surface area contributed by atoms with Gasteiger partial charge in [0.25, 0.3) is 0 Å². The number of nitrogens with one attached hydrogen (secondary N) is 3. The van der Waals surface area contributed by atoms with Crippen LogP contribution in [0.1, 0.15) is 90.9 Å². The van der Waals surface area contributed by atoms with Crippen molar-refractivity contribution in [2.24, 2.45) is 5.92 Å². The molecule has 0 aliphatic carbocycles. The van der Waals surface area contributed by atoms with Crippen LogP contribution in [0.5, 0.6) is 0 Å². The molecule has 0 radical (unpaired) electrons. The highest BCUT2D eigenvalue weighted by Crippen LogP contribution is 2.38. The summed E-state index contributed by atoms with van der Waals surface area (Å²) in [5.41, 5.74) is 5.16. The molecule has 4 aromatic heterocycles. The maximum absolute atomic E-state index is 12.7. The number of rotatable bonds is 5. The number of aliphatic hydroxyl groups is 1. The van der Waals surface area contributed by atoms with Crippen molar-refractivity contribution in [3.05, 3.63) is 104 Å². The number of β-amino-alcohol motifs (C(OH)–C–C–N with tert-alkyl or cyclic N) is 1. The monoisotopic (exact) mass is 1370 g/mol.